The molecule has 3 aliphatic rings. The third kappa shape index (κ3) is 5.22. The standard InChI is InChI=1S/C52H50N2/c1-33-17-15-23-39(27-33)53(37-19-11-9-12-20-37)41-29-35(3)47-43-25-26-44-48-36(4)30-42(54(38-21-13-10-14-22-38)40-24-16-18-34(2)28-40)32-46(48)52(7,8)50(44)49(43)51(5,6)45(47)31-41/h9-32,45,47H,1-8H3. The molecule has 0 amide bonds. The lowest BCUT2D eigenvalue weighted by Gasteiger charge is -2.37. The summed E-state index contributed by atoms with van der Waals surface area (Å²) in [5, 5.41) is 0. The van der Waals surface area contributed by atoms with Crippen LogP contribution >= 0.6 is 0 Å². The number of anilines is 5. The number of aryl methyl sites for hydroxylation is 3. The van der Waals surface area contributed by atoms with Gasteiger partial charge >= 0.3 is 0 Å². The van der Waals surface area contributed by atoms with Gasteiger partial charge in [0.25, 0.3) is 0 Å². The molecule has 2 unspecified atom stereocenters. The van der Waals surface area contributed by atoms with Gasteiger partial charge in [0.05, 0.1) is 0 Å². The van der Waals surface area contributed by atoms with Crippen molar-refractivity contribution in [2.75, 3.05) is 9.80 Å². The van der Waals surface area contributed by atoms with Crippen LogP contribution in [0.3, 0.4) is 0 Å². The number of fused-ring (bicyclic) bond motifs is 7. The topological polar surface area (TPSA) is 6.48 Å². The highest BCUT2D eigenvalue weighted by Gasteiger charge is 2.52. The molecule has 0 saturated carbocycles. The lowest BCUT2D eigenvalue weighted by atomic mass is 9.69. The van der Waals surface area contributed by atoms with Crippen molar-refractivity contribution in [3.63, 3.8) is 0 Å². The largest absolute Gasteiger partial charge is 0.311 e. The van der Waals surface area contributed by atoms with E-state index in [9.17, 15) is 0 Å². The number of hydrogen-bond donors (Lipinski definition) is 0. The van der Waals surface area contributed by atoms with Crippen molar-refractivity contribution in [2.45, 2.75) is 72.1 Å². The second-order valence-corrected chi connectivity index (χ2v) is 17.0. The average molecular weight is 703 g/mol. The van der Waals surface area contributed by atoms with Crippen LogP contribution in [0.15, 0.2) is 157 Å². The minimum Gasteiger partial charge on any atom is -0.311 e. The predicted octanol–water partition coefficient (Wildman–Crippen LogP) is 14.1. The number of hydrogen-bond acceptors (Lipinski definition) is 2. The number of benzene rings is 6. The van der Waals surface area contributed by atoms with Crippen molar-refractivity contribution in [2.24, 2.45) is 5.92 Å². The van der Waals surface area contributed by atoms with Gasteiger partial charge in [-0.25, -0.2) is 0 Å². The number of rotatable bonds is 6. The average Bonchev–Trinajstić information content (AvgIpc) is 3.52. The maximum absolute atomic E-state index is 2.59. The zero-order chi connectivity index (χ0) is 37.5. The minimum atomic E-state index is -0.182. The highest BCUT2D eigenvalue weighted by atomic mass is 15.2. The maximum atomic E-state index is 2.59. The van der Waals surface area contributed by atoms with Gasteiger partial charge in [0.2, 0.25) is 0 Å². The SMILES string of the molecule is CC1=CC(N(c2ccccc2)c2cccc(C)c2)=CC2C1c1ccc3c(c1C2(C)C)C(C)(C)c1cc(N(c2ccccc2)c2cccc(C)c2)cc(C)c1-3. The van der Waals surface area contributed by atoms with Crippen LogP contribution in [0.1, 0.15) is 79.5 Å². The van der Waals surface area contributed by atoms with Crippen LogP contribution in [0.4, 0.5) is 28.4 Å². The molecule has 0 heterocycles. The summed E-state index contributed by atoms with van der Waals surface area (Å²) < 4.78 is 0. The molecular formula is C52H50N2. The third-order valence-electron chi connectivity index (χ3n) is 12.6. The van der Waals surface area contributed by atoms with Crippen LogP contribution in [-0.4, -0.2) is 0 Å². The van der Waals surface area contributed by atoms with Gasteiger partial charge in [0.15, 0.2) is 0 Å². The molecule has 0 N–H and O–H groups in total. The van der Waals surface area contributed by atoms with Gasteiger partial charge in [-0.3, -0.25) is 0 Å². The molecular weight excluding hydrogens is 653 g/mol. The summed E-state index contributed by atoms with van der Waals surface area (Å²) in [6.45, 7) is 19.0. The Hall–Kier alpha value is -5.60. The highest BCUT2D eigenvalue weighted by Crippen LogP contribution is 2.63. The van der Waals surface area contributed by atoms with Gasteiger partial charge in [-0.1, -0.05) is 112 Å². The van der Waals surface area contributed by atoms with Crippen LogP contribution in [0.2, 0.25) is 0 Å². The van der Waals surface area contributed by atoms with E-state index in [0.717, 1.165) is 0 Å². The third-order valence-corrected chi connectivity index (χ3v) is 12.6. The van der Waals surface area contributed by atoms with E-state index in [4.69, 9.17) is 0 Å². The summed E-state index contributed by atoms with van der Waals surface area (Å²) in [7, 11) is 0. The zero-order valence-electron chi connectivity index (χ0n) is 32.9. The van der Waals surface area contributed by atoms with Gasteiger partial charge in [-0.05, 0) is 156 Å². The smallest absolute Gasteiger partial charge is 0.0467 e. The molecule has 0 aromatic heterocycles. The van der Waals surface area contributed by atoms with Crippen molar-refractivity contribution >= 4 is 28.4 Å². The highest BCUT2D eigenvalue weighted by molar-refractivity contribution is 5.89. The van der Waals surface area contributed by atoms with Gasteiger partial charge in [-0.15, -0.1) is 0 Å². The van der Waals surface area contributed by atoms with Crippen molar-refractivity contribution in [1.82, 2.24) is 0 Å². The molecule has 54 heavy (non-hydrogen) atoms. The van der Waals surface area contributed by atoms with Gasteiger partial charge in [0.1, 0.15) is 0 Å². The van der Waals surface area contributed by atoms with Gasteiger partial charge in [0, 0.05) is 45.5 Å². The van der Waals surface area contributed by atoms with E-state index in [1.54, 1.807) is 5.56 Å². The molecule has 0 radical (unpaired) electrons. The monoisotopic (exact) mass is 702 g/mol. The molecule has 2 heteroatoms. The van der Waals surface area contributed by atoms with E-state index in [-0.39, 0.29) is 10.8 Å². The van der Waals surface area contributed by atoms with Gasteiger partial charge < -0.3 is 9.80 Å². The molecule has 0 spiro atoms. The first-order chi connectivity index (χ1) is 25.9. The zero-order valence-corrected chi connectivity index (χ0v) is 32.9. The Morgan fingerprint density at radius 3 is 1.70 bits per heavy atom. The molecule has 0 fully saturated rings. The normalized spacial score (nSPS) is 18.5. The van der Waals surface area contributed by atoms with Crippen LogP contribution in [0.25, 0.3) is 11.1 Å². The van der Waals surface area contributed by atoms with Crippen molar-refractivity contribution < 1.29 is 0 Å². The molecule has 2 nitrogen and oxygen atoms in total. The van der Waals surface area contributed by atoms with Crippen LogP contribution in [-0.2, 0) is 10.8 Å². The van der Waals surface area contributed by atoms with E-state index in [0.29, 0.717) is 11.8 Å². The Kier molecular flexibility index (Phi) is 7.91. The number of nitrogens with zero attached hydrogens (tertiary/aromatic N) is 2. The fourth-order valence-corrected chi connectivity index (χ4v) is 10.2. The number of allylic oxidation sites excluding steroid dienone is 3. The molecule has 2 atom stereocenters. The Morgan fingerprint density at radius 1 is 0.519 bits per heavy atom. The van der Waals surface area contributed by atoms with Crippen LogP contribution in [0, 0.1) is 26.7 Å². The summed E-state index contributed by atoms with van der Waals surface area (Å²) in [4.78, 5) is 4.88. The van der Waals surface area contributed by atoms with Crippen LogP contribution < -0.4 is 9.80 Å². The first kappa shape index (κ1) is 34.2. The molecule has 0 saturated heterocycles. The van der Waals surface area contributed by atoms with E-state index in [1.807, 2.05) is 0 Å². The molecule has 268 valence electrons. The van der Waals surface area contributed by atoms with Crippen LogP contribution in [0.5, 0.6) is 0 Å². The van der Waals surface area contributed by atoms with E-state index < -0.39 is 0 Å². The summed E-state index contributed by atoms with van der Waals surface area (Å²) in [6, 6.07) is 49.3. The fraction of sp³-hybridized carbons (Fsp3) is 0.231. The second kappa shape index (κ2) is 12.5. The Bertz CT molecular complexity index is 2500. The molecule has 6 aromatic carbocycles. The first-order valence-electron chi connectivity index (χ1n) is 19.5. The quantitative estimate of drug-likeness (QED) is 0.170. The van der Waals surface area contributed by atoms with Gasteiger partial charge in [-0.2, -0.15) is 0 Å². The van der Waals surface area contributed by atoms with Crippen molar-refractivity contribution in [3.8, 4) is 11.1 Å². The molecule has 0 bridgehead atoms. The van der Waals surface area contributed by atoms with Crippen molar-refractivity contribution in [1.29, 1.82) is 0 Å². The summed E-state index contributed by atoms with van der Waals surface area (Å²) >= 11 is 0. The Morgan fingerprint density at radius 2 is 1.09 bits per heavy atom. The minimum absolute atomic E-state index is 0.0885. The Balaban J connectivity index is 1.18. The predicted molar refractivity (Wildman–Crippen MR) is 229 cm³/mol. The first-order valence-corrected chi connectivity index (χ1v) is 19.5. The number of para-hydroxylation sites is 2. The van der Waals surface area contributed by atoms with Crippen molar-refractivity contribution in [3.05, 3.63) is 196 Å². The second-order valence-electron chi connectivity index (χ2n) is 17.0. The van der Waals surface area contributed by atoms with E-state index in [1.165, 1.54) is 84.2 Å². The summed E-state index contributed by atoms with van der Waals surface area (Å²) in [5.74, 6) is 0.659. The lowest BCUT2D eigenvalue weighted by Crippen LogP contribution is -2.31. The van der Waals surface area contributed by atoms with E-state index in [2.05, 4.69) is 211 Å². The molecule has 0 aliphatic heterocycles. The molecule has 9 rings (SSSR count). The maximum Gasteiger partial charge on any atom is 0.0467 e. The molecule has 6 aromatic rings. The lowest BCUT2D eigenvalue weighted by molar-refractivity contribution is 0.380. The Labute approximate surface area is 322 Å². The fourth-order valence-electron chi connectivity index (χ4n) is 10.2. The molecule has 3 aliphatic carbocycles. The summed E-state index contributed by atoms with van der Waals surface area (Å²) in [5.41, 5.74) is 21.0. The van der Waals surface area contributed by atoms with E-state index >= 15 is 0 Å². The summed E-state index contributed by atoms with van der Waals surface area (Å²) in [6.07, 6.45) is 5.05.